The van der Waals surface area contributed by atoms with E-state index in [4.69, 9.17) is 9.47 Å². The van der Waals surface area contributed by atoms with Gasteiger partial charge in [0.25, 0.3) is 0 Å². The normalized spacial score (nSPS) is 18.9. The Morgan fingerprint density at radius 3 is 2.50 bits per heavy atom. The van der Waals surface area contributed by atoms with Crippen molar-refractivity contribution in [2.24, 2.45) is 0 Å². The number of rotatable bonds is 6. The molecule has 0 amide bonds. The Morgan fingerprint density at radius 1 is 1.20 bits per heavy atom. The van der Waals surface area contributed by atoms with E-state index in [0.29, 0.717) is 6.04 Å². The van der Waals surface area contributed by atoms with Crippen molar-refractivity contribution in [3.05, 3.63) is 30.3 Å². The van der Waals surface area contributed by atoms with Gasteiger partial charge in [-0.1, -0.05) is 18.2 Å². The molecule has 0 saturated carbocycles. The molecule has 4 nitrogen and oxygen atoms in total. The lowest BCUT2D eigenvalue weighted by Gasteiger charge is -2.35. The van der Waals surface area contributed by atoms with Crippen molar-refractivity contribution in [1.82, 2.24) is 5.32 Å². The molecule has 1 aromatic carbocycles. The van der Waals surface area contributed by atoms with E-state index in [1.54, 1.807) is 0 Å². The first kappa shape index (κ1) is 15.3. The average Bonchev–Trinajstić information content (AvgIpc) is 2.46. The number of hydrogen-bond acceptors (Lipinski definition) is 4. The lowest BCUT2D eigenvalue weighted by atomic mass is 10.2. The van der Waals surface area contributed by atoms with Crippen molar-refractivity contribution >= 4 is 5.69 Å². The zero-order chi connectivity index (χ0) is 14.4. The van der Waals surface area contributed by atoms with E-state index in [0.717, 1.165) is 32.7 Å². The van der Waals surface area contributed by atoms with Gasteiger partial charge in [0.15, 0.2) is 5.79 Å². The van der Waals surface area contributed by atoms with Crippen LogP contribution < -0.4 is 10.2 Å². The maximum atomic E-state index is 5.63. The van der Waals surface area contributed by atoms with Crippen LogP contribution >= 0.6 is 0 Å². The Hall–Kier alpha value is -1.10. The van der Waals surface area contributed by atoms with Gasteiger partial charge >= 0.3 is 0 Å². The van der Waals surface area contributed by atoms with Crippen LogP contribution in [0.4, 0.5) is 5.69 Å². The molecule has 0 bridgehead atoms. The molecule has 0 atom stereocenters. The molecule has 0 aliphatic carbocycles. The third-order valence-corrected chi connectivity index (χ3v) is 3.56. The second-order valence-electron chi connectivity index (χ2n) is 5.78. The molecule has 1 saturated heterocycles. The molecule has 1 aliphatic heterocycles. The van der Waals surface area contributed by atoms with Crippen LogP contribution in [0.1, 0.15) is 20.3 Å². The van der Waals surface area contributed by atoms with Gasteiger partial charge in [-0.15, -0.1) is 0 Å². The Kier molecular flexibility index (Phi) is 5.40. The summed E-state index contributed by atoms with van der Waals surface area (Å²) in [6.45, 7) is 7.38. The summed E-state index contributed by atoms with van der Waals surface area (Å²) >= 11 is 0. The van der Waals surface area contributed by atoms with Crippen LogP contribution in [-0.2, 0) is 9.47 Å². The van der Waals surface area contributed by atoms with E-state index in [-0.39, 0.29) is 0 Å². The number of para-hydroxylation sites is 1. The first-order chi connectivity index (χ1) is 9.57. The third kappa shape index (κ3) is 4.78. The highest BCUT2D eigenvalue weighted by Gasteiger charge is 2.27. The smallest absolute Gasteiger partial charge is 0.162 e. The fourth-order valence-corrected chi connectivity index (χ4v) is 2.24. The van der Waals surface area contributed by atoms with Gasteiger partial charge in [0.05, 0.1) is 19.3 Å². The predicted octanol–water partition coefficient (Wildman–Crippen LogP) is 2.25. The van der Waals surface area contributed by atoms with Gasteiger partial charge in [-0.3, -0.25) is 0 Å². The number of nitrogens with one attached hydrogen (secondary N) is 1. The van der Waals surface area contributed by atoms with E-state index < -0.39 is 5.79 Å². The highest BCUT2D eigenvalue weighted by Crippen LogP contribution is 2.16. The van der Waals surface area contributed by atoms with Crippen LogP contribution in [0.3, 0.4) is 0 Å². The molecule has 2 rings (SSSR count). The van der Waals surface area contributed by atoms with E-state index in [1.807, 2.05) is 19.9 Å². The van der Waals surface area contributed by atoms with Crippen LogP contribution in [0.15, 0.2) is 30.3 Å². The first-order valence-corrected chi connectivity index (χ1v) is 7.34. The fourth-order valence-electron chi connectivity index (χ4n) is 2.24. The topological polar surface area (TPSA) is 33.7 Å². The van der Waals surface area contributed by atoms with Gasteiger partial charge in [0, 0.05) is 19.3 Å². The van der Waals surface area contributed by atoms with Crippen molar-refractivity contribution in [3.8, 4) is 0 Å². The molecule has 4 heteroatoms. The summed E-state index contributed by atoms with van der Waals surface area (Å²) in [4.78, 5) is 2.28. The minimum absolute atomic E-state index is 0.310. The molecule has 0 unspecified atom stereocenters. The third-order valence-electron chi connectivity index (χ3n) is 3.56. The van der Waals surface area contributed by atoms with Crippen molar-refractivity contribution in [2.75, 3.05) is 38.3 Å². The maximum absolute atomic E-state index is 5.63. The van der Waals surface area contributed by atoms with Crippen molar-refractivity contribution in [1.29, 1.82) is 0 Å². The van der Waals surface area contributed by atoms with Crippen LogP contribution in [-0.4, -0.2) is 45.2 Å². The van der Waals surface area contributed by atoms with E-state index in [1.165, 1.54) is 5.69 Å². The fraction of sp³-hybridized carbons (Fsp3) is 0.625. The molecule has 20 heavy (non-hydrogen) atoms. The highest BCUT2D eigenvalue weighted by atomic mass is 16.7. The summed E-state index contributed by atoms with van der Waals surface area (Å²) in [5, 5.41) is 3.49. The quantitative estimate of drug-likeness (QED) is 0.809. The molecule has 0 radical (unpaired) electrons. The minimum atomic E-state index is -0.425. The van der Waals surface area contributed by atoms with Crippen molar-refractivity contribution in [3.63, 3.8) is 0 Å². The summed E-state index contributed by atoms with van der Waals surface area (Å²) in [5.41, 5.74) is 1.26. The van der Waals surface area contributed by atoms with Gasteiger partial charge < -0.3 is 19.7 Å². The average molecular weight is 278 g/mol. The van der Waals surface area contributed by atoms with E-state index in [9.17, 15) is 0 Å². The second kappa shape index (κ2) is 7.07. The molecule has 1 aromatic rings. The van der Waals surface area contributed by atoms with E-state index >= 15 is 0 Å². The van der Waals surface area contributed by atoms with Gasteiger partial charge in [0.1, 0.15) is 0 Å². The maximum Gasteiger partial charge on any atom is 0.162 e. The number of nitrogens with zero attached hydrogens (tertiary/aromatic N) is 1. The summed E-state index contributed by atoms with van der Waals surface area (Å²) in [6, 6.07) is 10.8. The van der Waals surface area contributed by atoms with Gasteiger partial charge in [-0.05, 0) is 38.9 Å². The summed E-state index contributed by atoms with van der Waals surface area (Å²) < 4.78 is 11.3. The SMILES string of the molecule is CN(CCCNC1COC(C)(C)OC1)c1ccccc1. The van der Waals surface area contributed by atoms with E-state index in [2.05, 4.69) is 41.5 Å². The Morgan fingerprint density at radius 2 is 1.85 bits per heavy atom. The van der Waals surface area contributed by atoms with Crippen LogP contribution in [0.2, 0.25) is 0 Å². The molecule has 0 aromatic heterocycles. The molecule has 112 valence electrons. The number of ether oxygens (including phenoxy) is 2. The lowest BCUT2D eigenvalue weighted by molar-refractivity contribution is -0.252. The van der Waals surface area contributed by atoms with Gasteiger partial charge in [-0.2, -0.15) is 0 Å². The molecule has 1 aliphatic rings. The Balaban J connectivity index is 1.60. The molecule has 1 heterocycles. The zero-order valence-electron chi connectivity index (χ0n) is 12.8. The standard InChI is InChI=1S/C16H26N2O2/c1-16(2)19-12-14(13-20-16)17-10-7-11-18(3)15-8-5-4-6-9-15/h4-6,8-9,14,17H,7,10-13H2,1-3H3. The molecular weight excluding hydrogens is 252 g/mol. The van der Waals surface area contributed by atoms with Crippen molar-refractivity contribution < 1.29 is 9.47 Å². The summed E-state index contributed by atoms with van der Waals surface area (Å²) in [6.07, 6.45) is 1.10. The zero-order valence-corrected chi connectivity index (χ0v) is 12.8. The monoisotopic (exact) mass is 278 g/mol. The summed E-state index contributed by atoms with van der Waals surface area (Å²) in [5.74, 6) is -0.425. The second-order valence-corrected chi connectivity index (χ2v) is 5.78. The number of hydrogen-bond donors (Lipinski definition) is 1. The minimum Gasteiger partial charge on any atom is -0.375 e. The van der Waals surface area contributed by atoms with Crippen LogP contribution in [0, 0.1) is 0 Å². The van der Waals surface area contributed by atoms with Gasteiger partial charge in [0.2, 0.25) is 0 Å². The molecule has 0 spiro atoms. The molecule has 1 fully saturated rings. The van der Waals surface area contributed by atoms with Crippen molar-refractivity contribution in [2.45, 2.75) is 32.1 Å². The Bertz CT molecular complexity index is 385. The molecule has 1 N–H and O–H groups in total. The van der Waals surface area contributed by atoms with Crippen LogP contribution in [0.25, 0.3) is 0 Å². The molecular formula is C16H26N2O2. The summed E-state index contributed by atoms with van der Waals surface area (Å²) in [7, 11) is 2.13. The largest absolute Gasteiger partial charge is 0.375 e. The van der Waals surface area contributed by atoms with Gasteiger partial charge in [-0.25, -0.2) is 0 Å². The number of anilines is 1. The predicted molar refractivity (Wildman–Crippen MR) is 82.1 cm³/mol. The first-order valence-electron chi connectivity index (χ1n) is 7.34. The highest BCUT2D eigenvalue weighted by molar-refractivity contribution is 5.44. The van der Waals surface area contributed by atoms with Crippen LogP contribution in [0.5, 0.6) is 0 Å². The number of benzene rings is 1. The Labute approximate surface area is 122 Å². The lowest BCUT2D eigenvalue weighted by Crippen LogP contribution is -2.48.